The molecule has 0 N–H and O–H groups in total. The van der Waals surface area contributed by atoms with Gasteiger partial charge in [0.2, 0.25) is 0 Å². The van der Waals surface area contributed by atoms with Gasteiger partial charge in [-0.3, -0.25) is 15.1 Å². The van der Waals surface area contributed by atoms with Crippen LogP contribution in [0.2, 0.25) is 0 Å². The van der Waals surface area contributed by atoms with Gasteiger partial charge in [0.15, 0.2) is 12.3 Å². The molecule has 0 amide bonds. The van der Waals surface area contributed by atoms with E-state index in [2.05, 4.69) is 4.98 Å². The van der Waals surface area contributed by atoms with Gasteiger partial charge in [0.05, 0.1) is 15.1 Å². The number of hydrogen-bond acceptors (Lipinski definition) is 5. The van der Waals surface area contributed by atoms with Gasteiger partial charge in [-0.25, -0.2) is 4.39 Å². The van der Waals surface area contributed by atoms with Crippen molar-refractivity contribution in [3.05, 3.63) is 57.7 Å². The minimum absolute atomic E-state index is 0.256. The van der Waals surface area contributed by atoms with Gasteiger partial charge in [0, 0.05) is 24.4 Å². The van der Waals surface area contributed by atoms with Crippen LogP contribution in [0, 0.1) is 10.1 Å². The largest absolute Gasteiger partial charge is 0.481 e. The first-order valence-electron chi connectivity index (χ1n) is 5.82. The molecule has 5 nitrogen and oxygen atoms in total. The number of pyridine rings is 1. The number of allylic oxidation sites excluding steroid dienone is 1. The van der Waals surface area contributed by atoms with Gasteiger partial charge >= 0.3 is 0 Å². The Morgan fingerprint density at radius 3 is 3.05 bits per heavy atom. The predicted octanol–water partition coefficient (Wildman–Crippen LogP) is 3.11. The summed E-state index contributed by atoms with van der Waals surface area (Å²) in [5.74, 6) is 0.528. The fraction of sp³-hybridized carbons (Fsp3) is 0.154. The third-order valence-corrected chi connectivity index (χ3v) is 3.80. The third kappa shape index (κ3) is 2.27. The van der Waals surface area contributed by atoms with Crippen LogP contribution < -0.4 is 4.74 Å². The summed E-state index contributed by atoms with van der Waals surface area (Å²) in [6.45, 7) is 0. The maximum Gasteiger partial charge on any atom is 0.268 e. The number of nitro groups is 1. The number of alkyl halides is 1. The number of rotatable bonds is 3. The summed E-state index contributed by atoms with van der Waals surface area (Å²) >= 11 is 1.45. The van der Waals surface area contributed by atoms with E-state index in [1.165, 1.54) is 23.5 Å². The molecule has 0 saturated heterocycles. The van der Waals surface area contributed by atoms with Crippen molar-refractivity contribution in [2.75, 3.05) is 0 Å². The zero-order valence-corrected chi connectivity index (χ0v) is 10.9. The van der Waals surface area contributed by atoms with E-state index in [0.717, 1.165) is 16.3 Å². The number of hydrogen-bond donors (Lipinski definition) is 0. The van der Waals surface area contributed by atoms with Gasteiger partial charge in [-0.05, 0) is 17.5 Å². The van der Waals surface area contributed by atoms with E-state index in [1.807, 2.05) is 11.4 Å². The van der Waals surface area contributed by atoms with Crippen LogP contribution in [0.1, 0.15) is 0 Å². The summed E-state index contributed by atoms with van der Waals surface area (Å²) in [7, 11) is 0. The highest BCUT2D eigenvalue weighted by Crippen LogP contribution is 2.31. The summed E-state index contributed by atoms with van der Waals surface area (Å²) in [6, 6.07) is 3.51. The number of thiophene rings is 1. The Morgan fingerprint density at radius 2 is 2.30 bits per heavy atom. The zero-order chi connectivity index (χ0) is 14.1. The molecule has 2 atom stereocenters. The van der Waals surface area contributed by atoms with Crippen LogP contribution in [0.25, 0.3) is 10.2 Å². The SMILES string of the molecule is O=[N+]([O-])C1=CC(F)C(Oc2ccnc3ccsc23)C=C1. The molecule has 0 spiro atoms. The van der Waals surface area contributed by atoms with Crippen LogP contribution in [-0.4, -0.2) is 22.2 Å². The number of halogens is 1. The van der Waals surface area contributed by atoms with Crippen LogP contribution in [0.4, 0.5) is 4.39 Å². The Bertz CT molecular complexity index is 725. The Hall–Kier alpha value is -2.28. The topological polar surface area (TPSA) is 65.3 Å². The highest BCUT2D eigenvalue weighted by Gasteiger charge is 2.27. The van der Waals surface area contributed by atoms with Crippen molar-refractivity contribution in [3.63, 3.8) is 0 Å². The lowest BCUT2D eigenvalue weighted by atomic mass is 10.1. The van der Waals surface area contributed by atoms with Crippen molar-refractivity contribution >= 4 is 21.6 Å². The molecule has 2 aromatic rings. The smallest absolute Gasteiger partial charge is 0.268 e. The minimum atomic E-state index is -1.55. The van der Waals surface area contributed by atoms with Gasteiger partial charge in [0.1, 0.15) is 5.75 Å². The number of fused-ring (bicyclic) bond motifs is 1. The lowest BCUT2D eigenvalue weighted by molar-refractivity contribution is -0.419. The summed E-state index contributed by atoms with van der Waals surface area (Å²) < 4.78 is 20.3. The second kappa shape index (κ2) is 5.01. The highest BCUT2D eigenvalue weighted by molar-refractivity contribution is 7.17. The molecule has 1 aliphatic carbocycles. The fourth-order valence-corrected chi connectivity index (χ4v) is 2.73. The minimum Gasteiger partial charge on any atom is -0.481 e. The lowest BCUT2D eigenvalue weighted by Crippen LogP contribution is -2.28. The average Bonchev–Trinajstić information content (AvgIpc) is 2.90. The first-order valence-corrected chi connectivity index (χ1v) is 6.70. The molecule has 0 saturated carbocycles. The second-order valence-electron chi connectivity index (χ2n) is 4.18. The zero-order valence-electron chi connectivity index (χ0n) is 10.1. The third-order valence-electron chi connectivity index (χ3n) is 2.88. The summed E-state index contributed by atoms with van der Waals surface area (Å²) in [4.78, 5) is 14.1. The Labute approximate surface area is 117 Å². The molecule has 0 fully saturated rings. The van der Waals surface area contributed by atoms with E-state index in [0.29, 0.717) is 5.75 Å². The standard InChI is InChI=1S/C13H9FN2O3S/c14-9-7-8(16(17)18)1-2-11(9)19-12-3-5-15-10-4-6-20-13(10)12/h1-7,9,11H. The Kier molecular flexibility index (Phi) is 3.19. The first kappa shape index (κ1) is 12.7. The van der Waals surface area contributed by atoms with E-state index < -0.39 is 17.2 Å². The first-order chi connectivity index (χ1) is 9.65. The van der Waals surface area contributed by atoms with Crippen LogP contribution >= 0.6 is 11.3 Å². The van der Waals surface area contributed by atoms with Crippen LogP contribution in [-0.2, 0) is 0 Å². The molecule has 0 aromatic carbocycles. The molecular formula is C13H9FN2O3S. The quantitative estimate of drug-likeness (QED) is 0.644. The average molecular weight is 292 g/mol. The lowest BCUT2D eigenvalue weighted by Gasteiger charge is -2.19. The van der Waals surface area contributed by atoms with Crippen molar-refractivity contribution in [1.82, 2.24) is 4.98 Å². The second-order valence-corrected chi connectivity index (χ2v) is 5.09. The van der Waals surface area contributed by atoms with Gasteiger partial charge < -0.3 is 4.74 Å². The molecule has 0 radical (unpaired) electrons. The maximum absolute atomic E-state index is 13.9. The number of ether oxygens (including phenoxy) is 1. The number of aromatic nitrogens is 1. The highest BCUT2D eigenvalue weighted by atomic mass is 32.1. The molecule has 7 heteroatoms. The summed E-state index contributed by atoms with van der Waals surface area (Å²) in [6.07, 6.45) is 2.74. The Balaban J connectivity index is 1.85. The molecule has 3 rings (SSSR count). The van der Waals surface area contributed by atoms with Crippen LogP contribution in [0.5, 0.6) is 5.75 Å². The van der Waals surface area contributed by atoms with Gasteiger partial charge in [-0.1, -0.05) is 0 Å². The van der Waals surface area contributed by atoms with E-state index in [1.54, 1.807) is 12.3 Å². The van der Waals surface area contributed by atoms with Crippen LogP contribution in [0.3, 0.4) is 0 Å². The molecule has 0 bridgehead atoms. The molecule has 2 heterocycles. The van der Waals surface area contributed by atoms with Crippen molar-refractivity contribution in [2.45, 2.75) is 12.3 Å². The molecule has 102 valence electrons. The molecule has 2 aromatic heterocycles. The van der Waals surface area contributed by atoms with E-state index in [9.17, 15) is 14.5 Å². The van der Waals surface area contributed by atoms with Crippen LogP contribution in [0.15, 0.2) is 47.6 Å². The van der Waals surface area contributed by atoms with E-state index in [4.69, 9.17) is 4.74 Å². The molecule has 0 aliphatic heterocycles. The van der Waals surface area contributed by atoms with Gasteiger partial charge in [0.25, 0.3) is 5.70 Å². The summed E-state index contributed by atoms with van der Waals surface area (Å²) in [5.41, 5.74) is 0.526. The van der Waals surface area contributed by atoms with E-state index in [-0.39, 0.29) is 5.70 Å². The molecular weight excluding hydrogens is 283 g/mol. The van der Waals surface area contributed by atoms with Gasteiger partial charge in [-0.15, -0.1) is 11.3 Å². The van der Waals surface area contributed by atoms with Crippen molar-refractivity contribution in [1.29, 1.82) is 0 Å². The maximum atomic E-state index is 13.9. The molecule has 1 aliphatic rings. The Morgan fingerprint density at radius 1 is 1.45 bits per heavy atom. The number of nitrogens with zero attached hydrogens (tertiary/aromatic N) is 2. The molecule has 20 heavy (non-hydrogen) atoms. The van der Waals surface area contributed by atoms with E-state index >= 15 is 0 Å². The monoisotopic (exact) mass is 292 g/mol. The van der Waals surface area contributed by atoms with Gasteiger partial charge in [-0.2, -0.15) is 0 Å². The van der Waals surface area contributed by atoms with Crippen molar-refractivity contribution in [3.8, 4) is 5.75 Å². The predicted molar refractivity (Wildman–Crippen MR) is 73.1 cm³/mol. The summed E-state index contributed by atoms with van der Waals surface area (Å²) in [5, 5.41) is 12.5. The van der Waals surface area contributed by atoms with Crippen molar-refractivity contribution in [2.24, 2.45) is 0 Å². The normalized spacial score (nSPS) is 21.8. The molecule has 2 unspecified atom stereocenters. The van der Waals surface area contributed by atoms with Crippen molar-refractivity contribution < 1.29 is 14.1 Å². The fourth-order valence-electron chi connectivity index (χ4n) is 1.93.